The SMILES string of the molecule is Cc1ccc(-c2ncc(-c3nnc(C4CCC4)o3)s2)cc1C. The van der Waals surface area contributed by atoms with Crippen molar-refractivity contribution in [2.24, 2.45) is 0 Å². The van der Waals surface area contributed by atoms with Crippen molar-refractivity contribution >= 4 is 11.3 Å². The average Bonchev–Trinajstić information content (AvgIpc) is 3.08. The number of aromatic nitrogens is 3. The molecule has 0 atom stereocenters. The molecule has 3 aromatic rings. The van der Waals surface area contributed by atoms with Crippen LogP contribution in [-0.4, -0.2) is 15.2 Å². The van der Waals surface area contributed by atoms with Crippen LogP contribution in [0.4, 0.5) is 0 Å². The summed E-state index contributed by atoms with van der Waals surface area (Å²) in [6, 6.07) is 6.41. The smallest absolute Gasteiger partial charge is 0.259 e. The van der Waals surface area contributed by atoms with Crippen LogP contribution in [0.1, 0.15) is 42.2 Å². The second-order valence-corrected chi connectivity index (χ2v) is 6.93. The van der Waals surface area contributed by atoms with Crippen LogP contribution in [0.2, 0.25) is 0 Å². The number of benzene rings is 1. The molecule has 0 saturated heterocycles. The Bertz CT molecular complexity index is 817. The first-order chi connectivity index (χ1) is 10.7. The summed E-state index contributed by atoms with van der Waals surface area (Å²) in [5, 5.41) is 9.35. The number of nitrogens with zero attached hydrogens (tertiary/aromatic N) is 3. The molecule has 112 valence electrons. The maximum Gasteiger partial charge on any atom is 0.259 e. The van der Waals surface area contributed by atoms with E-state index in [2.05, 4.69) is 47.2 Å². The molecule has 22 heavy (non-hydrogen) atoms. The highest BCUT2D eigenvalue weighted by atomic mass is 32.1. The highest BCUT2D eigenvalue weighted by Gasteiger charge is 2.25. The zero-order valence-corrected chi connectivity index (χ0v) is 13.5. The van der Waals surface area contributed by atoms with Crippen molar-refractivity contribution in [1.82, 2.24) is 15.2 Å². The maximum atomic E-state index is 5.81. The highest BCUT2D eigenvalue weighted by molar-refractivity contribution is 7.18. The van der Waals surface area contributed by atoms with Gasteiger partial charge < -0.3 is 4.42 Å². The van der Waals surface area contributed by atoms with Crippen molar-refractivity contribution in [3.05, 3.63) is 41.4 Å². The minimum absolute atomic E-state index is 0.466. The lowest BCUT2D eigenvalue weighted by Crippen LogP contribution is -2.08. The third-order valence-electron chi connectivity index (χ3n) is 4.37. The molecule has 1 aliphatic carbocycles. The minimum atomic E-state index is 0.466. The summed E-state index contributed by atoms with van der Waals surface area (Å²) >= 11 is 1.60. The second kappa shape index (κ2) is 5.32. The van der Waals surface area contributed by atoms with Crippen molar-refractivity contribution in [2.45, 2.75) is 39.0 Å². The molecule has 1 aromatic carbocycles. The Balaban J connectivity index is 1.63. The van der Waals surface area contributed by atoms with Crippen LogP contribution >= 0.6 is 11.3 Å². The fourth-order valence-electron chi connectivity index (χ4n) is 2.54. The molecule has 0 N–H and O–H groups in total. The van der Waals surface area contributed by atoms with Gasteiger partial charge in [0.2, 0.25) is 5.89 Å². The van der Waals surface area contributed by atoms with Gasteiger partial charge in [-0.05, 0) is 43.9 Å². The number of hydrogen-bond acceptors (Lipinski definition) is 5. The fourth-order valence-corrected chi connectivity index (χ4v) is 3.37. The number of rotatable bonds is 3. The van der Waals surface area contributed by atoms with E-state index >= 15 is 0 Å². The van der Waals surface area contributed by atoms with Crippen LogP contribution in [0.3, 0.4) is 0 Å². The first-order valence-corrected chi connectivity index (χ1v) is 8.39. The van der Waals surface area contributed by atoms with Crippen LogP contribution in [0.5, 0.6) is 0 Å². The molecule has 1 aliphatic rings. The summed E-state index contributed by atoms with van der Waals surface area (Å²) < 4.78 is 5.81. The lowest BCUT2D eigenvalue weighted by Gasteiger charge is -2.20. The van der Waals surface area contributed by atoms with Gasteiger partial charge in [0.25, 0.3) is 5.89 Å². The van der Waals surface area contributed by atoms with Crippen LogP contribution < -0.4 is 0 Å². The van der Waals surface area contributed by atoms with E-state index in [1.54, 1.807) is 11.3 Å². The van der Waals surface area contributed by atoms with Crippen molar-refractivity contribution in [1.29, 1.82) is 0 Å². The van der Waals surface area contributed by atoms with Crippen molar-refractivity contribution in [3.8, 4) is 21.3 Å². The third kappa shape index (κ3) is 2.35. The number of hydrogen-bond donors (Lipinski definition) is 0. The summed E-state index contributed by atoms with van der Waals surface area (Å²) in [6.07, 6.45) is 5.42. The topological polar surface area (TPSA) is 51.8 Å². The highest BCUT2D eigenvalue weighted by Crippen LogP contribution is 2.38. The average molecular weight is 311 g/mol. The molecule has 0 spiro atoms. The largest absolute Gasteiger partial charge is 0.420 e. The molecule has 0 bridgehead atoms. The molecule has 2 aromatic heterocycles. The van der Waals surface area contributed by atoms with Crippen LogP contribution in [0, 0.1) is 13.8 Å². The van der Waals surface area contributed by atoms with E-state index in [0.29, 0.717) is 11.8 Å². The van der Waals surface area contributed by atoms with Crippen molar-refractivity contribution < 1.29 is 4.42 Å². The Labute approximate surface area is 133 Å². The Kier molecular flexibility index (Phi) is 3.30. The van der Waals surface area contributed by atoms with E-state index in [9.17, 15) is 0 Å². The third-order valence-corrected chi connectivity index (χ3v) is 5.40. The zero-order chi connectivity index (χ0) is 15.1. The van der Waals surface area contributed by atoms with Gasteiger partial charge in [-0.15, -0.1) is 21.5 Å². The van der Waals surface area contributed by atoms with Crippen molar-refractivity contribution in [2.75, 3.05) is 0 Å². The summed E-state index contributed by atoms with van der Waals surface area (Å²) in [7, 11) is 0. The standard InChI is InChI=1S/C17H17N3OS/c1-10-6-7-13(8-11(10)2)17-18-9-14(22-17)16-20-19-15(21-16)12-4-3-5-12/h6-9,12H,3-5H2,1-2H3. The first kappa shape index (κ1) is 13.6. The maximum absolute atomic E-state index is 5.81. The molecular formula is C17H17N3OS. The van der Waals surface area contributed by atoms with Crippen LogP contribution in [-0.2, 0) is 0 Å². The molecular weight excluding hydrogens is 294 g/mol. The normalized spacial score (nSPS) is 15.0. The van der Waals surface area contributed by atoms with E-state index in [1.807, 2.05) is 6.20 Å². The van der Waals surface area contributed by atoms with Gasteiger partial charge in [-0.2, -0.15) is 0 Å². The summed E-state index contributed by atoms with van der Waals surface area (Å²) in [5.41, 5.74) is 3.71. The van der Waals surface area contributed by atoms with Gasteiger partial charge >= 0.3 is 0 Å². The van der Waals surface area contributed by atoms with E-state index in [1.165, 1.54) is 17.5 Å². The van der Waals surface area contributed by atoms with Gasteiger partial charge in [-0.3, -0.25) is 0 Å². The predicted molar refractivity (Wildman–Crippen MR) is 86.9 cm³/mol. The Morgan fingerprint density at radius 2 is 2.00 bits per heavy atom. The molecule has 0 unspecified atom stereocenters. The van der Waals surface area contributed by atoms with Gasteiger partial charge in [-0.1, -0.05) is 18.6 Å². The molecule has 0 aliphatic heterocycles. The first-order valence-electron chi connectivity index (χ1n) is 7.58. The van der Waals surface area contributed by atoms with Gasteiger partial charge in [0.05, 0.1) is 6.20 Å². The molecule has 1 saturated carbocycles. The van der Waals surface area contributed by atoms with Crippen LogP contribution in [0.15, 0.2) is 28.8 Å². The van der Waals surface area contributed by atoms with E-state index < -0.39 is 0 Å². The summed E-state index contributed by atoms with van der Waals surface area (Å²) in [6.45, 7) is 4.24. The quantitative estimate of drug-likeness (QED) is 0.700. The molecule has 2 heterocycles. The minimum Gasteiger partial charge on any atom is -0.420 e. The summed E-state index contributed by atoms with van der Waals surface area (Å²) in [5.74, 6) is 1.84. The lowest BCUT2D eigenvalue weighted by molar-refractivity contribution is 0.338. The van der Waals surface area contributed by atoms with Gasteiger partial charge in [-0.25, -0.2) is 4.98 Å². The Morgan fingerprint density at radius 1 is 1.14 bits per heavy atom. The molecule has 0 amide bonds. The predicted octanol–water partition coefficient (Wildman–Crippen LogP) is 4.74. The van der Waals surface area contributed by atoms with Gasteiger partial charge in [0, 0.05) is 11.5 Å². The van der Waals surface area contributed by atoms with E-state index in [0.717, 1.165) is 34.2 Å². The molecule has 5 heteroatoms. The molecule has 4 rings (SSSR count). The second-order valence-electron chi connectivity index (χ2n) is 5.90. The molecule has 4 nitrogen and oxygen atoms in total. The van der Waals surface area contributed by atoms with Crippen molar-refractivity contribution in [3.63, 3.8) is 0 Å². The molecule has 0 radical (unpaired) electrons. The zero-order valence-electron chi connectivity index (χ0n) is 12.7. The Morgan fingerprint density at radius 3 is 2.73 bits per heavy atom. The van der Waals surface area contributed by atoms with E-state index in [-0.39, 0.29) is 0 Å². The number of thiazole rings is 1. The monoisotopic (exact) mass is 311 g/mol. The molecule has 1 fully saturated rings. The van der Waals surface area contributed by atoms with Gasteiger partial charge in [0.1, 0.15) is 9.88 Å². The van der Waals surface area contributed by atoms with Crippen LogP contribution in [0.25, 0.3) is 21.3 Å². The Hall–Kier alpha value is -2.01. The summed E-state index contributed by atoms with van der Waals surface area (Å²) in [4.78, 5) is 5.45. The van der Waals surface area contributed by atoms with E-state index in [4.69, 9.17) is 4.42 Å². The van der Waals surface area contributed by atoms with Gasteiger partial charge in [0.15, 0.2) is 0 Å². The number of aryl methyl sites for hydroxylation is 2. The lowest BCUT2D eigenvalue weighted by atomic mass is 9.85. The fraction of sp³-hybridized carbons (Fsp3) is 0.353.